The number of nitrogens with zero attached hydrogens (tertiary/aromatic N) is 6. The summed E-state index contributed by atoms with van der Waals surface area (Å²) in [6.45, 7) is 7.77. The van der Waals surface area contributed by atoms with Crippen LogP contribution in [0.3, 0.4) is 0 Å². The minimum Gasteiger partial charge on any atom is -0.383 e. The van der Waals surface area contributed by atoms with Crippen LogP contribution in [0.2, 0.25) is 0 Å². The van der Waals surface area contributed by atoms with Gasteiger partial charge in [0.25, 0.3) is 0 Å². The lowest BCUT2D eigenvalue weighted by Crippen LogP contribution is -2.52. The van der Waals surface area contributed by atoms with Crippen LogP contribution in [0.25, 0.3) is 0 Å². The number of nitrogens with two attached hydrogens (primary N) is 1. The summed E-state index contributed by atoms with van der Waals surface area (Å²) in [5.41, 5.74) is 6.07. The molecule has 4 rings (SSSR count). The van der Waals surface area contributed by atoms with Crippen molar-refractivity contribution in [2.45, 2.75) is 44.9 Å². The number of hydrogen-bond donors (Lipinski definition) is 1. The second-order valence-corrected chi connectivity index (χ2v) is 7.77. The molecular weight excluding hydrogens is 399 g/mol. The molecule has 1 atom stereocenters. The molecule has 2 aromatic heterocycles. The smallest absolute Gasteiger partial charge is 0.383 e. The largest absolute Gasteiger partial charge is 0.421 e. The number of aryl methyl sites for hydroxylation is 1. The van der Waals surface area contributed by atoms with E-state index >= 15 is 0 Å². The highest BCUT2D eigenvalue weighted by Crippen LogP contribution is 2.34. The monoisotopic (exact) mass is 425 g/mol. The molecule has 2 aromatic rings. The van der Waals surface area contributed by atoms with Crippen LogP contribution in [0.1, 0.15) is 37.1 Å². The molecule has 0 spiro atoms. The van der Waals surface area contributed by atoms with E-state index in [4.69, 9.17) is 15.6 Å². The van der Waals surface area contributed by atoms with E-state index in [2.05, 4.69) is 14.9 Å². The predicted octanol–water partition coefficient (Wildman–Crippen LogP) is 2.78. The van der Waals surface area contributed by atoms with E-state index in [0.29, 0.717) is 12.6 Å². The minimum atomic E-state index is -4.58. The van der Waals surface area contributed by atoms with Gasteiger partial charge in [0.2, 0.25) is 5.95 Å². The first-order chi connectivity index (χ1) is 14.3. The second-order valence-electron chi connectivity index (χ2n) is 7.77. The van der Waals surface area contributed by atoms with Gasteiger partial charge in [0.1, 0.15) is 11.4 Å². The van der Waals surface area contributed by atoms with Crippen molar-refractivity contribution in [2.24, 2.45) is 0 Å². The predicted molar refractivity (Wildman–Crippen MR) is 106 cm³/mol. The lowest BCUT2D eigenvalue weighted by molar-refractivity contribution is -0.137. The third-order valence-corrected chi connectivity index (χ3v) is 5.79. The Morgan fingerprint density at radius 1 is 1.30 bits per heavy atom. The quantitative estimate of drug-likeness (QED) is 0.788. The minimum absolute atomic E-state index is 0.127. The summed E-state index contributed by atoms with van der Waals surface area (Å²) in [6, 6.07) is 0.726. The maximum atomic E-state index is 13.0. The van der Waals surface area contributed by atoms with Crippen molar-refractivity contribution in [3.63, 3.8) is 0 Å². The molecule has 2 N–H and O–H groups in total. The molecule has 2 fully saturated rings. The molecule has 30 heavy (non-hydrogen) atoms. The van der Waals surface area contributed by atoms with E-state index in [9.17, 15) is 13.2 Å². The Morgan fingerprint density at radius 2 is 2.07 bits per heavy atom. The molecule has 2 aliphatic rings. The molecular formula is C19H26F3N7O. The number of alkyl halides is 3. The fourth-order valence-electron chi connectivity index (χ4n) is 4.04. The SMILES string of the molecule is CCN(c1ncc(C(F)(F)F)c(N)n1)c1cn([C@H]2CCCN(C3COC3)C2)nc1C. The number of rotatable bonds is 5. The zero-order chi connectivity index (χ0) is 21.5. The summed E-state index contributed by atoms with van der Waals surface area (Å²) in [6.07, 6.45) is 0.200. The van der Waals surface area contributed by atoms with Crippen molar-refractivity contribution in [3.05, 3.63) is 23.7 Å². The highest BCUT2D eigenvalue weighted by molar-refractivity contribution is 5.60. The molecule has 4 heterocycles. The number of likely N-dealkylation sites (tertiary alicyclic amines) is 1. The Morgan fingerprint density at radius 3 is 2.67 bits per heavy atom. The maximum Gasteiger partial charge on any atom is 0.421 e. The molecule has 0 saturated carbocycles. The highest BCUT2D eigenvalue weighted by atomic mass is 19.4. The van der Waals surface area contributed by atoms with Gasteiger partial charge in [-0.25, -0.2) is 4.98 Å². The normalized spacial score (nSPS) is 20.9. The number of piperidine rings is 1. The highest BCUT2D eigenvalue weighted by Gasteiger charge is 2.35. The van der Waals surface area contributed by atoms with Gasteiger partial charge in [-0.05, 0) is 33.2 Å². The van der Waals surface area contributed by atoms with Crippen LogP contribution in [-0.2, 0) is 10.9 Å². The van der Waals surface area contributed by atoms with Gasteiger partial charge in [-0.15, -0.1) is 0 Å². The van der Waals surface area contributed by atoms with Gasteiger partial charge in [0.05, 0.1) is 36.7 Å². The number of aromatic nitrogens is 4. The Bertz CT molecular complexity index is 897. The molecule has 11 heteroatoms. The number of anilines is 3. The van der Waals surface area contributed by atoms with Gasteiger partial charge < -0.3 is 15.4 Å². The van der Waals surface area contributed by atoms with Crippen molar-refractivity contribution in [1.82, 2.24) is 24.6 Å². The Kier molecular flexibility index (Phi) is 5.58. The lowest BCUT2D eigenvalue weighted by atomic mass is 10.0. The van der Waals surface area contributed by atoms with Crippen LogP contribution in [0, 0.1) is 6.92 Å². The van der Waals surface area contributed by atoms with Crippen molar-refractivity contribution < 1.29 is 17.9 Å². The van der Waals surface area contributed by atoms with Gasteiger partial charge in [-0.3, -0.25) is 9.58 Å². The fourth-order valence-corrected chi connectivity index (χ4v) is 4.04. The van der Waals surface area contributed by atoms with Crippen LogP contribution in [-0.4, -0.2) is 63.5 Å². The van der Waals surface area contributed by atoms with Crippen LogP contribution in [0.4, 0.5) is 30.6 Å². The number of nitrogen functional groups attached to an aromatic ring is 1. The molecule has 0 amide bonds. The van der Waals surface area contributed by atoms with Crippen molar-refractivity contribution >= 4 is 17.5 Å². The van der Waals surface area contributed by atoms with Crippen LogP contribution in [0.15, 0.2) is 12.4 Å². The topological polar surface area (TPSA) is 85.3 Å². The van der Waals surface area contributed by atoms with E-state index in [1.54, 1.807) is 4.90 Å². The number of halogens is 3. The van der Waals surface area contributed by atoms with E-state index in [1.165, 1.54) is 0 Å². The van der Waals surface area contributed by atoms with Crippen LogP contribution < -0.4 is 10.6 Å². The number of ether oxygens (including phenoxy) is 1. The van der Waals surface area contributed by atoms with Crippen LogP contribution in [0.5, 0.6) is 0 Å². The zero-order valence-electron chi connectivity index (χ0n) is 17.1. The summed E-state index contributed by atoms with van der Waals surface area (Å²) in [4.78, 5) is 12.0. The summed E-state index contributed by atoms with van der Waals surface area (Å²) in [5.74, 6) is -0.454. The van der Waals surface area contributed by atoms with E-state index in [-0.39, 0.29) is 12.0 Å². The summed E-state index contributed by atoms with van der Waals surface area (Å²) in [5, 5.41) is 4.70. The molecule has 8 nitrogen and oxygen atoms in total. The number of hydrogen-bond acceptors (Lipinski definition) is 7. The first-order valence-electron chi connectivity index (χ1n) is 10.1. The maximum absolute atomic E-state index is 13.0. The van der Waals surface area contributed by atoms with E-state index in [0.717, 1.165) is 56.7 Å². The van der Waals surface area contributed by atoms with Gasteiger partial charge in [-0.1, -0.05) is 0 Å². The average Bonchev–Trinajstić information content (AvgIpc) is 3.02. The molecule has 164 valence electrons. The van der Waals surface area contributed by atoms with Gasteiger partial charge >= 0.3 is 6.18 Å². The molecule has 0 aromatic carbocycles. The summed E-state index contributed by atoms with van der Waals surface area (Å²) in [7, 11) is 0. The molecule has 2 aliphatic heterocycles. The zero-order valence-corrected chi connectivity index (χ0v) is 17.1. The van der Waals surface area contributed by atoms with E-state index in [1.807, 2.05) is 24.7 Å². The Hall–Kier alpha value is -2.40. The van der Waals surface area contributed by atoms with E-state index < -0.39 is 17.6 Å². The first-order valence-corrected chi connectivity index (χ1v) is 10.1. The molecule has 0 unspecified atom stereocenters. The lowest BCUT2D eigenvalue weighted by Gasteiger charge is -2.42. The van der Waals surface area contributed by atoms with Gasteiger partial charge in [-0.2, -0.15) is 23.3 Å². The summed E-state index contributed by atoms with van der Waals surface area (Å²) < 4.78 is 46.2. The van der Waals surface area contributed by atoms with Crippen LogP contribution >= 0.6 is 0 Å². The Balaban J connectivity index is 1.57. The third-order valence-electron chi connectivity index (χ3n) is 5.79. The summed E-state index contributed by atoms with van der Waals surface area (Å²) >= 11 is 0. The Labute approximate surface area is 172 Å². The van der Waals surface area contributed by atoms with Crippen molar-refractivity contribution in [1.29, 1.82) is 0 Å². The average molecular weight is 425 g/mol. The molecule has 0 bridgehead atoms. The van der Waals surface area contributed by atoms with Gasteiger partial charge in [0, 0.05) is 25.5 Å². The molecule has 0 aliphatic carbocycles. The first kappa shape index (κ1) is 20.9. The standard InChI is InChI=1S/C19H26F3N7O/c1-3-28(18-24-7-15(17(23)25-18)19(20,21)22)16-9-29(26-12(16)2)13-5-4-6-27(8-13)14-10-30-11-14/h7,9,13-14H,3-6,8,10-11H2,1-2H3,(H2,23,24,25)/t13-/m0/s1. The van der Waals surface area contributed by atoms with Gasteiger partial charge in [0.15, 0.2) is 0 Å². The molecule has 2 saturated heterocycles. The fraction of sp³-hybridized carbons (Fsp3) is 0.632. The van der Waals surface area contributed by atoms with Crippen molar-refractivity contribution in [2.75, 3.05) is 43.5 Å². The van der Waals surface area contributed by atoms with Crippen molar-refractivity contribution in [3.8, 4) is 0 Å². The molecule has 0 radical (unpaired) electrons. The third kappa shape index (κ3) is 3.95. The second kappa shape index (κ2) is 8.03.